The highest BCUT2D eigenvalue weighted by atomic mass is 32.1. The minimum atomic E-state index is -0.357. The molecule has 0 aliphatic carbocycles. The minimum Gasteiger partial charge on any atom is -0.338 e. The van der Waals surface area contributed by atoms with Crippen molar-refractivity contribution >= 4 is 33.4 Å². The predicted octanol–water partition coefficient (Wildman–Crippen LogP) is 8.25. The van der Waals surface area contributed by atoms with Gasteiger partial charge in [-0.25, -0.2) is 0 Å². The zero-order valence-corrected chi connectivity index (χ0v) is 22.1. The van der Waals surface area contributed by atoms with Gasteiger partial charge in [0.2, 0.25) is 6.54 Å². The smallest absolute Gasteiger partial charge is 0.215 e. The molecule has 36 heavy (non-hydrogen) atoms. The first-order chi connectivity index (χ1) is 17.4. The zero-order valence-electron chi connectivity index (χ0n) is 21.2. The molecule has 4 rings (SSSR count). The molecule has 1 unspecified atom stereocenters. The number of benzene rings is 3. The van der Waals surface area contributed by atoms with Crippen molar-refractivity contribution in [3.63, 3.8) is 0 Å². The number of nitro groups is 1. The number of nitrogens with zero attached hydrogens (tertiary/aromatic N) is 3. The van der Waals surface area contributed by atoms with Crippen LogP contribution in [0.1, 0.15) is 44.1 Å². The fourth-order valence-electron chi connectivity index (χ4n) is 4.69. The van der Waals surface area contributed by atoms with Crippen LogP contribution in [0.25, 0.3) is 0 Å². The van der Waals surface area contributed by atoms with Crippen LogP contribution in [-0.4, -0.2) is 23.6 Å². The molecule has 0 bridgehead atoms. The van der Waals surface area contributed by atoms with Crippen molar-refractivity contribution in [2.75, 3.05) is 16.3 Å². The molecule has 186 valence electrons. The van der Waals surface area contributed by atoms with E-state index in [-0.39, 0.29) is 29.5 Å². The van der Waals surface area contributed by atoms with Gasteiger partial charge in [0, 0.05) is 33.3 Å². The molecule has 0 saturated carbocycles. The van der Waals surface area contributed by atoms with Crippen molar-refractivity contribution in [3.05, 3.63) is 118 Å². The zero-order chi connectivity index (χ0) is 25.7. The first kappa shape index (κ1) is 25.5. The predicted molar refractivity (Wildman–Crippen MR) is 152 cm³/mol. The lowest BCUT2D eigenvalue weighted by Crippen LogP contribution is -2.27. The number of para-hydroxylation sites is 2. The molecule has 4 aromatic rings. The molecule has 5 nitrogen and oxygen atoms in total. The van der Waals surface area contributed by atoms with Crippen molar-refractivity contribution in [1.82, 2.24) is 0 Å². The van der Waals surface area contributed by atoms with E-state index in [1.165, 1.54) is 0 Å². The molecule has 1 atom stereocenters. The van der Waals surface area contributed by atoms with E-state index in [1.807, 2.05) is 66.7 Å². The van der Waals surface area contributed by atoms with Gasteiger partial charge in [-0.2, -0.15) is 0 Å². The topological polar surface area (TPSA) is 49.6 Å². The molecule has 6 heteroatoms. The summed E-state index contributed by atoms with van der Waals surface area (Å²) >= 11 is 1.66. The van der Waals surface area contributed by atoms with Gasteiger partial charge in [0.05, 0.1) is 16.6 Å². The summed E-state index contributed by atoms with van der Waals surface area (Å²) in [5.74, 6) is -0.357. The fraction of sp³-hybridized carbons (Fsp3) is 0.267. The highest BCUT2D eigenvalue weighted by Crippen LogP contribution is 2.47. The van der Waals surface area contributed by atoms with Crippen LogP contribution in [0.2, 0.25) is 0 Å². The largest absolute Gasteiger partial charge is 0.338 e. The summed E-state index contributed by atoms with van der Waals surface area (Å²) in [6.07, 6.45) is 0. The standard InChI is InChI=1S/C30H33N3O2S/c1-22(2)32(25-16-10-6-11-17-25)28-20-29(33(23(3)4)26-18-12-7-13-19-26)36-30(28)27(21-31(34)35)24-14-8-5-9-15-24/h5-20,22-23,27H,21H2,1-4H3. The third-order valence-electron chi connectivity index (χ3n) is 6.18. The van der Waals surface area contributed by atoms with Gasteiger partial charge in [-0.3, -0.25) is 10.1 Å². The van der Waals surface area contributed by atoms with Crippen LogP contribution in [-0.2, 0) is 0 Å². The van der Waals surface area contributed by atoms with Gasteiger partial charge in [-0.1, -0.05) is 66.7 Å². The van der Waals surface area contributed by atoms with Crippen LogP contribution in [0.3, 0.4) is 0 Å². The Morgan fingerprint density at radius 2 is 1.22 bits per heavy atom. The van der Waals surface area contributed by atoms with Crippen molar-refractivity contribution in [2.24, 2.45) is 0 Å². The normalized spacial score (nSPS) is 12.1. The molecule has 0 radical (unpaired) electrons. The molecule has 0 aliphatic rings. The Kier molecular flexibility index (Phi) is 8.06. The third-order valence-corrected chi connectivity index (χ3v) is 7.41. The van der Waals surface area contributed by atoms with Gasteiger partial charge in [0.25, 0.3) is 0 Å². The number of hydrogen-bond donors (Lipinski definition) is 0. The van der Waals surface area contributed by atoms with Gasteiger partial charge < -0.3 is 9.80 Å². The fourth-order valence-corrected chi connectivity index (χ4v) is 6.11. The van der Waals surface area contributed by atoms with E-state index >= 15 is 0 Å². The Morgan fingerprint density at radius 1 is 0.750 bits per heavy atom. The number of thiophene rings is 1. The lowest BCUT2D eigenvalue weighted by Gasteiger charge is -2.30. The highest BCUT2D eigenvalue weighted by molar-refractivity contribution is 7.16. The Morgan fingerprint density at radius 3 is 1.69 bits per heavy atom. The maximum absolute atomic E-state index is 11.9. The maximum Gasteiger partial charge on any atom is 0.215 e. The van der Waals surface area contributed by atoms with Gasteiger partial charge in [-0.05, 0) is 63.6 Å². The molecule has 0 aliphatic heterocycles. The summed E-state index contributed by atoms with van der Waals surface area (Å²) in [5, 5.41) is 13.0. The van der Waals surface area contributed by atoms with Crippen LogP contribution in [0.4, 0.5) is 22.1 Å². The maximum atomic E-state index is 11.9. The van der Waals surface area contributed by atoms with Gasteiger partial charge in [0.1, 0.15) is 0 Å². The van der Waals surface area contributed by atoms with E-state index in [1.54, 1.807) is 11.3 Å². The number of rotatable bonds is 10. The second kappa shape index (κ2) is 11.4. The summed E-state index contributed by atoms with van der Waals surface area (Å²) < 4.78 is 0. The first-order valence-corrected chi connectivity index (χ1v) is 13.2. The average Bonchev–Trinajstić information content (AvgIpc) is 3.27. The number of hydrogen-bond acceptors (Lipinski definition) is 5. The highest BCUT2D eigenvalue weighted by Gasteiger charge is 2.31. The molecule has 1 aromatic heterocycles. The summed E-state index contributed by atoms with van der Waals surface area (Å²) in [5.41, 5.74) is 4.15. The molecular formula is C30H33N3O2S. The van der Waals surface area contributed by atoms with E-state index in [2.05, 4.69) is 67.8 Å². The molecule has 0 N–H and O–H groups in total. The molecule has 3 aromatic carbocycles. The first-order valence-electron chi connectivity index (χ1n) is 12.4. The molecule has 0 amide bonds. The number of anilines is 4. The van der Waals surface area contributed by atoms with Crippen molar-refractivity contribution in [2.45, 2.75) is 45.7 Å². The van der Waals surface area contributed by atoms with E-state index < -0.39 is 0 Å². The van der Waals surface area contributed by atoms with E-state index in [0.717, 1.165) is 32.5 Å². The molecular weight excluding hydrogens is 466 g/mol. The van der Waals surface area contributed by atoms with Crippen LogP contribution in [0, 0.1) is 10.1 Å². The SMILES string of the molecule is CC(C)N(c1ccccc1)c1cc(N(c2ccccc2)C(C)C)c(C(C[N+](=O)[O-])c2ccccc2)s1. The van der Waals surface area contributed by atoms with E-state index in [9.17, 15) is 10.1 Å². The third kappa shape index (κ3) is 5.60. The van der Waals surface area contributed by atoms with E-state index in [0.29, 0.717) is 0 Å². The summed E-state index contributed by atoms with van der Waals surface area (Å²) in [4.78, 5) is 17.3. The Bertz CT molecular complexity index is 1260. The summed E-state index contributed by atoms with van der Waals surface area (Å²) in [6.45, 7) is 8.52. The van der Waals surface area contributed by atoms with Crippen molar-refractivity contribution < 1.29 is 4.92 Å². The molecule has 1 heterocycles. The van der Waals surface area contributed by atoms with Crippen LogP contribution < -0.4 is 9.80 Å². The van der Waals surface area contributed by atoms with Crippen molar-refractivity contribution in [3.8, 4) is 0 Å². The van der Waals surface area contributed by atoms with Crippen LogP contribution >= 0.6 is 11.3 Å². The molecule has 0 saturated heterocycles. The lowest BCUT2D eigenvalue weighted by atomic mass is 9.96. The summed E-state index contributed by atoms with van der Waals surface area (Å²) in [7, 11) is 0. The Hall–Kier alpha value is -3.64. The van der Waals surface area contributed by atoms with Crippen LogP contribution in [0.15, 0.2) is 97.1 Å². The monoisotopic (exact) mass is 499 g/mol. The van der Waals surface area contributed by atoms with Crippen LogP contribution in [0.5, 0.6) is 0 Å². The lowest BCUT2D eigenvalue weighted by molar-refractivity contribution is -0.481. The van der Waals surface area contributed by atoms with Gasteiger partial charge in [0.15, 0.2) is 0 Å². The molecule has 0 spiro atoms. The minimum absolute atomic E-state index is 0.157. The molecule has 0 fully saturated rings. The average molecular weight is 500 g/mol. The summed E-state index contributed by atoms with van der Waals surface area (Å²) in [6, 6.07) is 33.1. The second-order valence-corrected chi connectivity index (χ2v) is 10.5. The van der Waals surface area contributed by atoms with Crippen molar-refractivity contribution in [1.29, 1.82) is 0 Å². The van der Waals surface area contributed by atoms with Gasteiger partial charge >= 0.3 is 0 Å². The van der Waals surface area contributed by atoms with E-state index in [4.69, 9.17) is 0 Å². The van der Waals surface area contributed by atoms with Gasteiger partial charge in [-0.15, -0.1) is 11.3 Å². The quantitative estimate of drug-likeness (QED) is 0.163. The Labute approximate surface area is 217 Å². The second-order valence-electron chi connectivity index (χ2n) is 9.41. The Balaban J connectivity index is 1.96.